The van der Waals surface area contributed by atoms with Gasteiger partial charge in [-0.3, -0.25) is 9.89 Å². The van der Waals surface area contributed by atoms with Gasteiger partial charge < -0.3 is 10.6 Å². The monoisotopic (exact) mass is 372 g/mol. The molecule has 6 nitrogen and oxygen atoms in total. The van der Waals surface area contributed by atoms with Gasteiger partial charge in [-0.25, -0.2) is 8.42 Å². The van der Waals surface area contributed by atoms with Gasteiger partial charge in [0.05, 0.1) is 11.5 Å². The van der Waals surface area contributed by atoms with Gasteiger partial charge in [0, 0.05) is 39.3 Å². The number of aliphatic imine (C=N–C) groups is 1. The summed E-state index contributed by atoms with van der Waals surface area (Å²) < 4.78 is 22.9. The molecule has 0 aromatic carbocycles. The van der Waals surface area contributed by atoms with Gasteiger partial charge >= 0.3 is 0 Å². The highest BCUT2D eigenvalue weighted by Crippen LogP contribution is 2.27. The predicted molar refractivity (Wildman–Crippen MR) is 105 cm³/mol. The predicted octanol–water partition coefficient (Wildman–Crippen LogP) is 1.63. The first-order valence-electron chi connectivity index (χ1n) is 9.88. The minimum Gasteiger partial charge on any atom is -0.355 e. The third kappa shape index (κ3) is 7.94. The lowest BCUT2D eigenvalue weighted by Crippen LogP contribution is -2.47. The molecule has 0 spiro atoms. The standard InChI is InChI=1S/C18H36N4O2S/c1-16(8-9-17-6-4-3-5-7-17)21-18(19-2)20-10-11-22-12-14-25(23,24)15-13-22/h16-17H,3-15H2,1-2H3,(H2,19,20,21). The third-order valence-corrected chi connectivity index (χ3v) is 7.11. The number of hydrogen-bond donors (Lipinski definition) is 2. The molecule has 7 heteroatoms. The van der Waals surface area contributed by atoms with Crippen LogP contribution in [0.3, 0.4) is 0 Å². The molecule has 0 aromatic rings. The zero-order chi connectivity index (χ0) is 18.1. The van der Waals surface area contributed by atoms with Crippen molar-refractivity contribution >= 4 is 15.8 Å². The molecule has 2 aliphatic rings. The average molecular weight is 373 g/mol. The average Bonchev–Trinajstić information content (AvgIpc) is 2.61. The molecule has 2 fully saturated rings. The lowest BCUT2D eigenvalue weighted by molar-refractivity contribution is 0.299. The van der Waals surface area contributed by atoms with Crippen molar-refractivity contribution in [2.24, 2.45) is 10.9 Å². The molecule has 25 heavy (non-hydrogen) atoms. The smallest absolute Gasteiger partial charge is 0.191 e. The van der Waals surface area contributed by atoms with Crippen LogP contribution in [0.1, 0.15) is 51.9 Å². The van der Waals surface area contributed by atoms with E-state index >= 15 is 0 Å². The van der Waals surface area contributed by atoms with Crippen molar-refractivity contribution in [1.29, 1.82) is 0 Å². The number of hydrogen-bond acceptors (Lipinski definition) is 4. The summed E-state index contributed by atoms with van der Waals surface area (Å²) in [6.07, 6.45) is 9.56. The van der Waals surface area contributed by atoms with Crippen LogP contribution in [0, 0.1) is 5.92 Å². The van der Waals surface area contributed by atoms with Gasteiger partial charge in [0.1, 0.15) is 0 Å². The van der Waals surface area contributed by atoms with Crippen LogP contribution in [0.15, 0.2) is 4.99 Å². The Kier molecular flexibility index (Phi) is 8.49. The van der Waals surface area contributed by atoms with Gasteiger partial charge in [0.2, 0.25) is 0 Å². The van der Waals surface area contributed by atoms with E-state index in [1.54, 1.807) is 7.05 Å². The maximum Gasteiger partial charge on any atom is 0.191 e. The van der Waals surface area contributed by atoms with Crippen LogP contribution < -0.4 is 10.6 Å². The summed E-state index contributed by atoms with van der Waals surface area (Å²) in [5, 5.41) is 6.84. The van der Waals surface area contributed by atoms with Crippen LogP contribution in [-0.2, 0) is 9.84 Å². The molecule has 1 aliphatic carbocycles. The van der Waals surface area contributed by atoms with Gasteiger partial charge in [-0.1, -0.05) is 32.1 Å². The third-order valence-electron chi connectivity index (χ3n) is 5.50. The van der Waals surface area contributed by atoms with E-state index in [0.717, 1.165) is 25.0 Å². The number of nitrogens with zero attached hydrogens (tertiary/aromatic N) is 2. The summed E-state index contributed by atoms with van der Waals surface area (Å²) in [6.45, 7) is 5.16. The van der Waals surface area contributed by atoms with E-state index in [0.29, 0.717) is 19.1 Å². The molecule has 1 heterocycles. The van der Waals surface area contributed by atoms with Crippen LogP contribution in [0.25, 0.3) is 0 Å². The Morgan fingerprint density at radius 3 is 2.52 bits per heavy atom. The van der Waals surface area contributed by atoms with Crippen LogP contribution in [0.2, 0.25) is 0 Å². The van der Waals surface area contributed by atoms with E-state index in [4.69, 9.17) is 0 Å². The highest BCUT2D eigenvalue weighted by Gasteiger charge is 2.21. The minimum absolute atomic E-state index is 0.290. The zero-order valence-corrected chi connectivity index (χ0v) is 16.8. The second-order valence-electron chi connectivity index (χ2n) is 7.62. The summed E-state index contributed by atoms with van der Waals surface area (Å²) in [5.74, 6) is 2.35. The highest BCUT2D eigenvalue weighted by molar-refractivity contribution is 7.91. The molecule has 1 unspecified atom stereocenters. The second-order valence-corrected chi connectivity index (χ2v) is 9.92. The highest BCUT2D eigenvalue weighted by atomic mass is 32.2. The van der Waals surface area contributed by atoms with E-state index in [1.165, 1.54) is 44.9 Å². The minimum atomic E-state index is -2.79. The maximum absolute atomic E-state index is 11.5. The molecule has 1 atom stereocenters. The lowest BCUT2D eigenvalue weighted by Gasteiger charge is -2.27. The molecule has 1 saturated carbocycles. The van der Waals surface area contributed by atoms with Crippen molar-refractivity contribution in [2.45, 2.75) is 57.9 Å². The summed E-state index contributed by atoms with van der Waals surface area (Å²) in [7, 11) is -0.989. The first-order chi connectivity index (χ1) is 12.0. The quantitative estimate of drug-likeness (QED) is 0.525. The Balaban J connectivity index is 1.59. The van der Waals surface area contributed by atoms with Crippen LogP contribution in [0.5, 0.6) is 0 Å². The Hall–Kier alpha value is -0.820. The Morgan fingerprint density at radius 1 is 1.20 bits per heavy atom. The summed E-state index contributed by atoms with van der Waals surface area (Å²) in [6, 6.07) is 0.424. The van der Waals surface area contributed by atoms with E-state index in [1.807, 2.05) is 0 Å². The summed E-state index contributed by atoms with van der Waals surface area (Å²) in [5.41, 5.74) is 0. The fourth-order valence-corrected chi connectivity index (χ4v) is 5.04. The van der Waals surface area contributed by atoms with Crippen LogP contribution in [0.4, 0.5) is 0 Å². The summed E-state index contributed by atoms with van der Waals surface area (Å²) >= 11 is 0. The molecule has 0 aromatic heterocycles. The van der Waals surface area contributed by atoms with E-state index in [9.17, 15) is 8.42 Å². The number of rotatable bonds is 7. The SMILES string of the molecule is CN=C(NCCN1CCS(=O)(=O)CC1)NC(C)CCC1CCCCC1. The molecule has 2 N–H and O–H groups in total. The van der Waals surface area contributed by atoms with E-state index < -0.39 is 9.84 Å². The molecular formula is C18H36N4O2S. The number of guanidine groups is 1. The van der Waals surface area contributed by atoms with E-state index in [2.05, 4.69) is 27.4 Å². The van der Waals surface area contributed by atoms with Crippen molar-refractivity contribution in [3.63, 3.8) is 0 Å². The van der Waals surface area contributed by atoms with Crippen molar-refractivity contribution in [1.82, 2.24) is 15.5 Å². The number of sulfone groups is 1. The molecule has 0 amide bonds. The normalized spacial score (nSPS) is 24.0. The second kappa shape index (κ2) is 10.4. The Labute approximate surface area is 153 Å². The van der Waals surface area contributed by atoms with Crippen molar-refractivity contribution in [3.05, 3.63) is 0 Å². The maximum atomic E-state index is 11.5. The molecule has 2 rings (SSSR count). The van der Waals surface area contributed by atoms with Crippen molar-refractivity contribution in [2.75, 3.05) is 44.7 Å². The van der Waals surface area contributed by atoms with Gasteiger partial charge in [-0.2, -0.15) is 0 Å². The molecule has 1 saturated heterocycles. The molecule has 146 valence electrons. The Morgan fingerprint density at radius 2 is 1.88 bits per heavy atom. The fourth-order valence-electron chi connectivity index (χ4n) is 3.77. The largest absolute Gasteiger partial charge is 0.355 e. The molecular weight excluding hydrogens is 336 g/mol. The zero-order valence-electron chi connectivity index (χ0n) is 16.0. The van der Waals surface area contributed by atoms with Crippen molar-refractivity contribution < 1.29 is 8.42 Å². The summed E-state index contributed by atoms with van der Waals surface area (Å²) in [4.78, 5) is 6.51. The number of nitrogens with one attached hydrogen (secondary N) is 2. The molecule has 0 bridgehead atoms. The van der Waals surface area contributed by atoms with Gasteiger partial charge in [0.25, 0.3) is 0 Å². The van der Waals surface area contributed by atoms with Crippen LogP contribution >= 0.6 is 0 Å². The van der Waals surface area contributed by atoms with Gasteiger partial charge in [-0.15, -0.1) is 0 Å². The molecule has 0 radical (unpaired) electrons. The van der Waals surface area contributed by atoms with Gasteiger partial charge in [0.15, 0.2) is 15.8 Å². The first-order valence-corrected chi connectivity index (χ1v) is 11.7. The topological polar surface area (TPSA) is 73.8 Å². The first kappa shape index (κ1) is 20.5. The van der Waals surface area contributed by atoms with Crippen molar-refractivity contribution in [3.8, 4) is 0 Å². The van der Waals surface area contributed by atoms with Gasteiger partial charge in [-0.05, 0) is 25.7 Å². The van der Waals surface area contributed by atoms with E-state index in [-0.39, 0.29) is 11.5 Å². The fraction of sp³-hybridized carbons (Fsp3) is 0.944. The van der Waals surface area contributed by atoms with Crippen LogP contribution in [-0.4, -0.2) is 70.1 Å². The lowest BCUT2D eigenvalue weighted by atomic mass is 9.85. The Bertz CT molecular complexity index is 501. The molecule has 1 aliphatic heterocycles.